The summed E-state index contributed by atoms with van der Waals surface area (Å²) >= 11 is 0. The zero-order valence-corrected chi connectivity index (χ0v) is 20.8. The van der Waals surface area contributed by atoms with Crippen LogP contribution in [0.5, 0.6) is 0 Å². The van der Waals surface area contributed by atoms with E-state index >= 15 is 0 Å². The van der Waals surface area contributed by atoms with E-state index in [1.165, 1.54) is 21.9 Å². The minimum absolute atomic E-state index is 1.12. The zero-order valence-electron chi connectivity index (χ0n) is 20.8. The van der Waals surface area contributed by atoms with Gasteiger partial charge in [0.15, 0.2) is 0 Å². The standard InChI is InChI=1S/C35H28N2/c1-36(31-19-16-29(17-20-31)27-10-4-2-5-11-27)32-22-24-34(25-23-32)37(33-14-6-3-7-15-33)35-21-18-28-12-8-9-13-30(28)26-35/h2-26H,1H3. The molecule has 0 amide bonds. The highest BCUT2D eigenvalue weighted by molar-refractivity contribution is 5.89. The highest BCUT2D eigenvalue weighted by atomic mass is 15.1. The molecule has 0 aliphatic heterocycles. The molecule has 0 heterocycles. The average Bonchev–Trinajstić information content (AvgIpc) is 2.98. The Balaban J connectivity index is 1.31. The number of benzene rings is 6. The van der Waals surface area contributed by atoms with Crippen molar-refractivity contribution in [2.75, 3.05) is 16.8 Å². The number of para-hydroxylation sites is 1. The van der Waals surface area contributed by atoms with Crippen LogP contribution in [0.25, 0.3) is 21.9 Å². The summed E-state index contributed by atoms with van der Waals surface area (Å²) in [5.74, 6) is 0. The van der Waals surface area contributed by atoms with E-state index in [4.69, 9.17) is 0 Å². The average molecular weight is 477 g/mol. The second-order valence-corrected chi connectivity index (χ2v) is 9.19. The van der Waals surface area contributed by atoms with Crippen LogP contribution < -0.4 is 9.80 Å². The number of rotatable bonds is 6. The second kappa shape index (κ2) is 10.0. The van der Waals surface area contributed by atoms with Gasteiger partial charge in [-0.25, -0.2) is 0 Å². The number of hydrogen-bond acceptors (Lipinski definition) is 2. The molecule has 0 aromatic heterocycles. The Bertz CT molecular complexity index is 1610. The van der Waals surface area contributed by atoms with Crippen LogP contribution in [0.3, 0.4) is 0 Å². The van der Waals surface area contributed by atoms with Gasteiger partial charge in [-0.2, -0.15) is 0 Å². The molecule has 6 aromatic rings. The summed E-state index contributed by atoms with van der Waals surface area (Å²) in [6.45, 7) is 0. The van der Waals surface area contributed by atoms with E-state index in [1.54, 1.807) is 0 Å². The van der Waals surface area contributed by atoms with Gasteiger partial charge in [0, 0.05) is 35.5 Å². The first kappa shape index (κ1) is 22.6. The van der Waals surface area contributed by atoms with Gasteiger partial charge < -0.3 is 9.80 Å². The number of nitrogens with zero attached hydrogens (tertiary/aromatic N) is 2. The van der Waals surface area contributed by atoms with E-state index in [9.17, 15) is 0 Å². The molecule has 37 heavy (non-hydrogen) atoms. The third-order valence-corrected chi connectivity index (χ3v) is 6.86. The smallest absolute Gasteiger partial charge is 0.0468 e. The third-order valence-electron chi connectivity index (χ3n) is 6.86. The Morgan fingerprint density at radius 3 is 1.49 bits per heavy atom. The third kappa shape index (κ3) is 4.70. The van der Waals surface area contributed by atoms with Crippen molar-refractivity contribution in [3.8, 4) is 11.1 Å². The van der Waals surface area contributed by atoms with E-state index < -0.39 is 0 Å². The minimum Gasteiger partial charge on any atom is -0.345 e. The molecule has 0 saturated heterocycles. The Labute approximate surface area is 218 Å². The first-order valence-electron chi connectivity index (χ1n) is 12.6. The first-order chi connectivity index (χ1) is 18.3. The fourth-order valence-corrected chi connectivity index (χ4v) is 4.82. The lowest BCUT2D eigenvalue weighted by molar-refractivity contribution is 1.20. The van der Waals surface area contributed by atoms with Gasteiger partial charge in [-0.15, -0.1) is 0 Å². The molecule has 178 valence electrons. The van der Waals surface area contributed by atoms with Crippen LogP contribution in [0, 0.1) is 0 Å². The van der Waals surface area contributed by atoms with Crippen LogP contribution in [0.15, 0.2) is 152 Å². The van der Waals surface area contributed by atoms with Crippen LogP contribution in [0.2, 0.25) is 0 Å². The summed E-state index contributed by atoms with van der Waals surface area (Å²) in [7, 11) is 2.12. The molecule has 0 aliphatic rings. The molecule has 2 nitrogen and oxygen atoms in total. The second-order valence-electron chi connectivity index (χ2n) is 9.19. The maximum atomic E-state index is 2.31. The summed E-state index contributed by atoms with van der Waals surface area (Å²) in [6.07, 6.45) is 0. The van der Waals surface area contributed by atoms with Crippen molar-refractivity contribution in [3.05, 3.63) is 152 Å². The van der Waals surface area contributed by atoms with E-state index in [0.717, 1.165) is 28.4 Å². The fourth-order valence-electron chi connectivity index (χ4n) is 4.82. The van der Waals surface area contributed by atoms with Gasteiger partial charge in [-0.1, -0.05) is 91.0 Å². The zero-order chi connectivity index (χ0) is 25.0. The van der Waals surface area contributed by atoms with Crippen molar-refractivity contribution < 1.29 is 0 Å². The van der Waals surface area contributed by atoms with Crippen LogP contribution in [0.4, 0.5) is 28.4 Å². The van der Waals surface area contributed by atoms with Gasteiger partial charge in [-0.05, 0) is 82.6 Å². The van der Waals surface area contributed by atoms with Crippen molar-refractivity contribution in [2.45, 2.75) is 0 Å². The summed E-state index contributed by atoms with van der Waals surface area (Å²) in [5, 5.41) is 2.48. The quantitative estimate of drug-likeness (QED) is 0.236. The Morgan fingerprint density at radius 2 is 0.811 bits per heavy atom. The maximum absolute atomic E-state index is 2.31. The summed E-state index contributed by atoms with van der Waals surface area (Å²) in [5.41, 5.74) is 8.15. The van der Waals surface area contributed by atoms with E-state index in [0.29, 0.717) is 0 Å². The van der Waals surface area contributed by atoms with Crippen molar-refractivity contribution in [1.29, 1.82) is 0 Å². The molecule has 0 spiro atoms. The fraction of sp³-hybridized carbons (Fsp3) is 0.0286. The van der Waals surface area contributed by atoms with Crippen LogP contribution in [-0.2, 0) is 0 Å². The number of hydrogen-bond donors (Lipinski definition) is 0. The Kier molecular flexibility index (Phi) is 6.14. The molecular weight excluding hydrogens is 448 g/mol. The van der Waals surface area contributed by atoms with E-state index in [2.05, 4.69) is 162 Å². The van der Waals surface area contributed by atoms with Crippen LogP contribution in [-0.4, -0.2) is 7.05 Å². The predicted molar refractivity (Wildman–Crippen MR) is 159 cm³/mol. The topological polar surface area (TPSA) is 6.48 Å². The SMILES string of the molecule is CN(c1ccc(-c2ccccc2)cc1)c1ccc(N(c2ccccc2)c2ccc3ccccc3c2)cc1. The van der Waals surface area contributed by atoms with Gasteiger partial charge in [-0.3, -0.25) is 0 Å². The molecule has 2 heteroatoms. The molecule has 0 aliphatic carbocycles. The lowest BCUT2D eigenvalue weighted by Crippen LogP contribution is -2.12. The van der Waals surface area contributed by atoms with Crippen molar-refractivity contribution in [3.63, 3.8) is 0 Å². The summed E-state index contributed by atoms with van der Waals surface area (Å²) in [4.78, 5) is 4.53. The minimum atomic E-state index is 1.12. The molecule has 0 unspecified atom stereocenters. The number of fused-ring (bicyclic) bond motifs is 1. The first-order valence-corrected chi connectivity index (χ1v) is 12.6. The molecule has 0 fully saturated rings. The Morgan fingerprint density at radius 1 is 0.351 bits per heavy atom. The maximum Gasteiger partial charge on any atom is 0.0468 e. The van der Waals surface area contributed by atoms with Gasteiger partial charge in [0.1, 0.15) is 0 Å². The lowest BCUT2D eigenvalue weighted by Gasteiger charge is -2.27. The van der Waals surface area contributed by atoms with Crippen molar-refractivity contribution in [1.82, 2.24) is 0 Å². The van der Waals surface area contributed by atoms with Crippen molar-refractivity contribution in [2.24, 2.45) is 0 Å². The number of anilines is 5. The highest BCUT2D eigenvalue weighted by Gasteiger charge is 2.14. The lowest BCUT2D eigenvalue weighted by atomic mass is 10.1. The van der Waals surface area contributed by atoms with Crippen LogP contribution in [0.1, 0.15) is 0 Å². The molecule has 0 atom stereocenters. The summed E-state index contributed by atoms with van der Waals surface area (Å²) < 4.78 is 0. The van der Waals surface area contributed by atoms with Gasteiger partial charge in [0.25, 0.3) is 0 Å². The molecule has 0 saturated carbocycles. The van der Waals surface area contributed by atoms with Crippen LogP contribution >= 0.6 is 0 Å². The predicted octanol–water partition coefficient (Wildman–Crippen LogP) is 9.74. The van der Waals surface area contributed by atoms with Crippen molar-refractivity contribution >= 4 is 39.2 Å². The monoisotopic (exact) mass is 476 g/mol. The molecule has 6 aromatic carbocycles. The van der Waals surface area contributed by atoms with E-state index in [1.807, 2.05) is 6.07 Å². The molecule has 6 rings (SSSR count). The normalized spacial score (nSPS) is 10.8. The highest BCUT2D eigenvalue weighted by Crippen LogP contribution is 2.37. The summed E-state index contributed by atoms with van der Waals surface area (Å²) in [6, 6.07) is 53.7. The van der Waals surface area contributed by atoms with Gasteiger partial charge in [0.2, 0.25) is 0 Å². The van der Waals surface area contributed by atoms with Gasteiger partial charge >= 0.3 is 0 Å². The molecule has 0 N–H and O–H groups in total. The van der Waals surface area contributed by atoms with E-state index in [-0.39, 0.29) is 0 Å². The molecular formula is C35H28N2. The Hall–Kier alpha value is -4.82. The molecule has 0 radical (unpaired) electrons. The largest absolute Gasteiger partial charge is 0.345 e. The van der Waals surface area contributed by atoms with Gasteiger partial charge in [0.05, 0.1) is 0 Å². The molecule has 0 bridgehead atoms.